The average Bonchev–Trinajstić information content (AvgIpc) is 2.79. The first-order valence-electron chi connectivity index (χ1n) is 7.36. The Kier molecular flexibility index (Phi) is 3.62. The summed E-state index contributed by atoms with van der Waals surface area (Å²) in [6.07, 6.45) is 6.11. The smallest absolute Gasteiger partial charge is 0.0622 e. The van der Waals surface area contributed by atoms with Gasteiger partial charge < -0.3 is 5.32 Å². The van der Waals surface area contributed by atoms with Crippen molar-refractivity contribution >= 4 is 5.69 Å². The standard InChI is InChI=1S/C18H19N3/c1-18(9-5-10-19)16(12-14-6-4-11-20-13-14)15-7-2-3-8-17(15)21-18/h2-4,6-8,11,13,16,21H,5,9,12H2,1H3. The van der Waals surface area contributed by atoms with Gasteiger partial charge in [0.1, 0.15) is 0 Å². The number of para-hydroxylation sites is 1. The van der Waals surface area contributed by atoms with E-state index in [9.17, 15) is 0 Å². The van der Waals surface area contributed by atoms with Crippen molar-refractivity contribution < 1.29 is 0 Å². The molecule has 3 nitrogen and oxygen atoms in total. The maximum atomic E-state index is 8.95. The lowest BCUT2D eigenvalue weighted by Gasteiger charge is -2.32. The molecule has 2 unspecified atom stereocenters. The van der Waals surface area contributed by atoms with Crippen LogP contribution in [-0.4, -0.2) is 10.5 Å². The highest BCUT2D eigenvalue weighted by Gasteiger charge is 2.41. The molecule has 2 heterocycles. The zero-order chi connectivity index (χ0) is 14.7. The maximum Gasteiger partial charge on any atom is 0.0622 e. The average molecular weight is 277 g/mol. The van der Waals surface area contributed by atoms with Crippen LogP contribution in [-0.2, 0) is 6.42 Å². The van der Waals surface area contributed by atoms with Crippen LogP contribution in [0.4, 0.5) is 5.69 Å². The van der Waals surface area contributed by atoms with Crippen molar-refractivity contribution in [2.24, 2.45) is 0 Å². The van der Waals surface area contributed by atoms with E-state index < -0.39 is 0 Å². The number of pyridine rings is 1. The summed E-state index contributed by atoms with van der Waals surface area (Å²) in [5.41, 5.74) is 3.72. The number of aromatic nitrogens is 1. The summed E-state index contributed by atoms with van der Waals surface area (Å²) >= 11 is 0. The molecule has 1 aliphatic rings. The number of anilines is 1. The highest BCUT2D eigenvalue weighted by atomic mass is 15.0. The summed E-state index contributed by atoms with van der Waals surface area (Å²) in [5.74, 6) is 0.367. The van der Waals surface area contributed by atoms with Gasteiger partial charge in [-0.1, -0.05) is 24.3 Å². The van der Waals surface area contributed by atoms with Crippen LogP contribution in [0.15, 0.2) is 48.8 Å². The van der Waals surface area contributed by atoms with Gasteiger partial charge in [-0.25, -0.2) is 0 Å². The molecule has 0 saturated carbocycles. The SMILES string of the molecule is CC1(CCC#N)Nc2ccccc2C1Cc1cccnc1. The molecule has 0 bridgehead atoms. The van der Waals surface area contributed by atoms with Crippen LogP contribution in [0.5, 0.6) is 0 Å². The van der Waals surface area contributed by atoms with E-state index in [0.717, 1.165) is 12.8 Å². The molecule has 0 aliphatic carbocycles. The van der Waals surface area contributed by atoms with E-state index in [2.05, 4.69) is 53.6 Å². The van der Waals surface area contributed by atoms with Crippen LogP contribution < -0.4 is 5.32 Å². The van der Waals surface area contributed by atoms with Gasteiger partial charge in [0.25, 0.3) is 0 Å². The minimum Gasteiger partial charge on any atom is -0.379 e. The van der Waals surface area contributed by atoms with E-state index in [4.69, 9.17) is 5.26 Å². The molecule has 21 heavy (non-hydrogen) atoms. The van der Waals surface area contributed by atoms with E-state index in [1.165, 1.54) is 16.8 Å². The van der Waals surface area contributed by atoms with Crippen molar-refractivity contribution in [1.82, 2.24) is 4.98 Å². The summed E-state index contributed by atoms with van der Waals surface area (Å²) in [5, 5.41) is 12.6. The van der Waals surface area contributed by atoms with E-state index in [1.807, 2.05) is 12.3 Å². The molecular formula is C18H19N3. The third kappa shape index (κ3) is 2.62. The predicted molar refractivity (Wildman–Crippen MR) is 84.0 cm³/mol. The van der Waals surface area contributed by atoms with Gasteiger partial charge in [0.2, 0.25) is 0 Å². The van der Waals surface area contributed by atoms with Gasteiger partial charge in [0, 0.05) is 36.0 Å². The minimum absolute atomic E-state index is 0.0741. The molecular weight excluding hydrogens is 258 g/mol. The number of hydrogen-bond acceptors (Lipinski definition) is 3. The largest absolute Gasteiger partial charge is 0.379 e. The van der Waals surface area contributed by atoms with Crippen molar-refractivity contribution in [2.75, 3.05) is 5.32 Å². The number of nitriles is 1. The van der Waals surface area contributed by atoms with Gasteiger partial charge in [-0.15, -0.1) is 0 Å². The molecule has 1 aromatic heterocycles. The number of fused-ring (bicyclic) bond motifs is 1. The third-order valence-electron chi connectivity index (χ3n) is 4.44. The Balaban J connectivity index is 1.94. The Bertz CT molecular complexity index is 660. The van der Waals surface area contributed by atoms with E-state index in [0.29, 0.717) is 12.3 Å². The summed E-state index contributed by atoms with van der Waals surface area (Å²) in [6.45, 7) is 2.23. The number of hydrogen-bond donors (Lipinski definition) is 1. The molecule has 0 saturated heterocycles. The Morgan fingerprint density at radius 3 is 2.90 bits per heavy atom. The third-order valence-corrected chi connectivity index (χ3v) is 4.44. The topological polar surface area (TPSA) is 48.7 Å². The highest BCUT2D eigenvalue weighted by molar-refractivity contribution is 5.61. The second-order valence-corrected chi connectivity index (χ2v) is 5.91. The molecule has 2 aromatic rings. The normalized spacial score (nSPS) is 23.1. The molecule has 1 N–H and O–H groups in total. The van der Waals surface area contributed by atoms with Gasteiger partial charge in [-0.3, -0.25) is 4.98 Å². The molecule has 0 amide bonds. The van der Waals surface area contributed by atoms with E-state index >= 15 is 0 Å². The lowest BCUT2D eigenvalue weighted by Crippen LogP contribution is -2.37. The highest BCUT2D eigenvalue weighted by Crippen LogP contribution is 2.46. The van der Waals surface area contributed by atoms with Crippen molar-refractivity contribution in [3.05, 3.63) is 59.9 Å². The van der Waals surface area contributed by atoms with Crippen molar-refractivity contribution in [1.29, 1.82) is 5.26 Å². The second kappa shape index (κ2) is 5.57. The Morgan fingerprint density at radius 1 is 1.29 bits per heavy atom. The number of nitrogens with zero attached hydrogens (tertiary/aromatic N) is 2. The molecule has 1 aromatic carbocycles. The number of benzene rings is 1. The van der Waals surface area contributed by atoms with Gasteiger partial charge in [-0.2, -0.15) is 5.26 Å². The van der Waals surface area contributed by atoms with Crippen molar-refractivity contribution in [3.8, 4) is 6.07 Å². The fourth-order valence-corrected chi connectivity index (χ4v) is 3.29. The first kappa shape index (κ1) is 13.6. The molecule has 2 atom stereocenters. The van der Waals surface area contributed by atoms with Crippen molar-refractivity contribution in [2.45, 2.75) is 37.6 Å². The van der Waals surface area contributed by atoms with Crippen LogP contribution in [0.1, 0.15) is 36.8 Å². The van der Waals surface area contributed by atoms with Crippen LogP contribution in [0.2, 0.25) is 0 Å². The first-order chi connectivity index (χ1) is 10.2. The zero-order valence-electron chi connectivity index (χ0n) is 12.2. The summed E-state index contributed by atoms with van der Waals surface area (Å²) < 4.78 is 0. The van der Waals surface area contributed by atoms with Crippen LogP contribution in [0.25, 0.3) is 0 Å². The molecule has 0 fully saturated rings. The Hall–Kier alpha value is -2.34. The number of rotatable bonds is 4. The van der Waals surface area contributed by atoms with Gasteiger partial charge in [0.05, 0.1) is 6.07 Å². The summed E-state index contributed by atoms with van der Waals surface area (Å²) in [4.78, 5) is 4.22. The fraction of sp³-hybridized carbons (Fsp3) is 0.333. The second-order valence-electron chi connectivity index (χ2n) is 5.91. The van der Waals surface area contributed by atoms with Crippen LogP contribution >= 0.6 is 0 Å². The lowest BCUT2D eigenvalue weighted by atomic mass is 9.78. The monoisotopic (exact) mass is 277 g/mol. The first-order valence-corrected chi connectivity index (χ1v) is 7.36. The molecule has 3 rings (SSSR count). The van der Waals surface area contributed by atoms with Crippen molar-refractivity contribution in [3.63, 3.8) is 0 Å². The zero-order valence-corrected chi connectivity index (χ0v) is 12.2. The molecule has 3 heteroatoms. The van der Waals surface area contributed by atoms with Gasteiger partial charge in [-0.05, 0) is 43.0 Å². The molecule has 1 aliphatic heterocycles. The fourth-order valence-electron chi connectivity index (χ4n) is 3.29. The molecule has 106 valence electrons. The predicted octanol–water partition coefficient (Wildman–Crippen LogP) is 3.90. The van der Waals surface area contributed by atoms with Gasteiger partial charge >= 0.3 is 0 Å². The number of nitrogens with one attached hydrogen (secondary N) is 1. The van der Waals surface area contributed by atoms with Crippen LogP contribution in [0.3, 0.4) is 0 Å². The van der Waals surface area contributed by atoms with E-state index in [1.54, 1.807) is 6.20 Å². The quantitative estimate of drug-likeness (QED) is 0.922. The maximum absolute atomic E-state index is 8.95. The Morgan fingerprint density at radius 2 is 2.14 bits per heavy atom. The minimum atomic E-state index is -0.0741. The molecule has 0 radical (unpaired) electrons. The van der Waals surface area contributed by atoms with Gasteiger partial charge in [0.15, 0.2) is 0 Å². The Labute approximate surface area is 125 Å². The van der Waals surface area contributed by atoms with E-state index in [-0.39, 0.29) is 5.54 Å². The lowest BCUT2D eigenvalue weighted by molar-refractivity contribution is 0.405. The summed E-state index contributed by atoms with van der Waals surface area (Å²) in [6, 6.07) is 14.9. The van der Waals surface area contributed by atoms with Crippen LogP contribution in [0, 0.1) is 11.3 Å². The summed E-state index contributed by atoms with van der Waals surface area (Å²) in [7, 11) is 0. The molecule has 0 spiro atoms.